The van der Waals surface area contributed by atoms with Crippen LogP contribution >= 0.6 is 15.8 Å². The van der Waals surface area contributed by atoms with E-state index in [9.17, 15) is 0 Å². The largest absolute Gasteiger partial charge is 0.252 e. The van der Waals surface area contributed by atoms with Crippen LogP contribution in [0.25, 0.3) is 5.57 Å². The molecule has 82 valence electrons. The molecule has 0 spiro atoms. The van der Waals surface area contributed by atoms with E-state index in [1.165, 1.54) is 22.3 Å². The van der Waals surface area contributed by atoms with Crippen LogP contribution in [0.2, 0.25) is 0 Å². The molecule has 0 unspecified atom stereocenters. The molecule has 0 saturated carbocycles. The Morgan fingerprint density at radius 3 is 2.41 bits per heavy atom. The van der Waals surface area contributed by atoms with E-state index in [2.05, 4.69) is 76.3 Å². The number of fused-ring (bicyclic) bond motifs is 1. The van der Waals surface area contributed by atoms with Gasteiger partial charge >= 0.3 is 0 Å². The minimum Gasteiger partial charge on any atom is -0.150 e. The minimum absolute atomic E-state index is 0.438. The van der Waals surface area contributed by atoms with E-state index in [1.807, 2.05) is 0 Å². The van der Waals surface area contributed by atoms with Gasteiger partial charge in [0.15, 0.2) is 0 Å². The molecule has 1 aliphatic heterocycles. The molecule has 0 N–H and O–H groups in total. The maximum absolute atomic E-state index is 3.72. The van der Waals surface area contributed by atoms with Gasteiger partial charge in [-0.25, -0.2) is 0 Å². The van der Waals surface area contributed by atoms with E-state index in [4.69, 9.17) is 0 Å². The predicted octanol–water partition coefficient (Wildman–Crippen LogP) is 4.14. The maximum Gasteiger partial charge on any atom is 0.252 e. The molecule has 2 heteroatoms. The van der Waals surface area contributed by atoms with Gasteiger partial charge in [0.1, 0.15) is 0 Å². The maximum atomic E-state index is 3.72. The van der Waals surface area contributed by atoms with Gasteiger partial charge in [-0.1, -0.05) is 60.6 Å². The summed E-state index contributed by atoms with van der Waals surface area (Å²) >= 11 is 3.72. The zero-order valence-corrected chi connectivity index (χ0v) is 11.0. The van der Waals surface area contributed by atoms with Crippen molar-refractivity contribution in [2.24, 2.45) is 0 Å². The Balaban J connectivity index is 2.16. The third-order valence-electron chi connectivity index (χ3n) is 3.15. The Morgan fingerprint density at radius 1 is 0.882 bits per heavy atom. The summed E-state index contributed by atoms with van der Waals surface area (Å²) in [5, 5.41) is 0. The molecule has 17 heavy (non-hydrogen) atoms. The molecular formula is C15H12BBr. The van der Waals surface area contributed by atoms with Crippen LogP contribution in [0.15, 0.2) is 60.6 Å². The van der Waals surface area contributed by atoms with Crippen molar-refractivity contribution in [1.82, 2.24) is 0 Å². The van der Waals surface area contributed by atoms with Crippen molar-refractivity contribution in [3.05, 3.63) is 77.3 Å². The Kier molecular flexibility index (Phi) is 2.90. The molecule has 0 atom stereocenters. The molecule has 0 amide bonds. The van der Waals surface area contributed by atoms with Crippen LogP contribution in [0.3, 0.4) is 0 Å². The molecule has 1 heterocycles. The average Bonchev–Trinajstić information content (AvgIpc) is 2.39. The van der Waals surface area contributed by atoms with E-state index < -0.39 is 0 Å². The highest BCUT2D eigenvalue weighted by Gasteiger charge is 2.20. The summed E-state index contributed by atoms with van der Waals surface area (Å²) in [4.78, 5) is 0. The molecule has 3 rings (SSSR count). The first kappa shape index (κ1) is 10.9. The quantitative estimate of drug-likeness (QED) is 0.690. The normalized spacial score (nSPS) is 14.2. The van der Waals surface area contributed by atoms with Crippen LogP contribution in [0.1, 0.15) is 16.7 Å². The second-order valence-electron chi connectivity index (χ2n) is 4.32. The zero-order valence-electron chi connectivity index (χ0n) is 9.44. The highest BCUT2D eigenvalue weighted by molar-refractivity contribution is 9.24. The third kappa shape index (κ3) is 2.10. The molecule has 1 aliphatic rings. The van der Waals surface area contributed by atoms with Crippen molar-refractivity contribution >= 4 is 26.9 Å². The Labute approximate surface area is 110 Å². The van der Waals surface area contributed by atoms with E-state index in [1.54, 1.807) is 0 Å². The molecule has 2 aromatic rings. The molecule has 0 radical (unpaired) electrons. The average molecular weight is 283 g/mol. The van der Waals surface area contributed by atoms with Crippen molar-refractivity contribution in [2.45, 2.75) is 6.32 Å². The smallest absolute Gasteiger partial charge is 0.150 e. The molecule has 0 nitrogen and oxygen atoms in total. The summed E-state index contributed by atoms with van der Waals surface area (Å²) in [6.45, 7) is 0. The van der Waals surface area contributed by atoms with Gasteiger partial charge in [0.05, 0.1) is 0 Å². The molecule has 0 aromatic heterocycles. The first-order chi connectivity index (χ1) is 8.34. The topological polar surface area (TPSA) is 0 Å². The lowest BCUT2D eigenvalue weighted by Gasteiger charge is -2.19. The van der Waals surface area contributed by atoms with E-state index in [0.717, 1.165) is 6.32 Å². The number of halogens is 1. The van der Waals surface area contributed by atoms with E-state index >= 15 is 0 Å². The first-order valence-corrected chi connectivity index (χ1v) is 6.76. The highest BCUT2D eigenvalue weighted by atomic mass is 79.9. The second kappa shape index (κ2) is 4.54. The highest BCUT2D eigenvalue weighted by Crippen LogP contribution is 2.32. The Bertz CT molecular complexity index is 560. The van der Waals surface area contributed by atoms with Gasteiger partial charge in [0.25, 0.3) is 5.54 Å². The van der Waals surface area contributed by atoms with Crippen LogP contribution in [0.5, 0.6) is 0 Å². The van der Waals surface area contributed by atoms with Crippen LogP contribution in [-0.2, 0) is 6.32 Å². The molecule has 0 bridgehead atoms. The molecule has 2 aromatic carbocycles. The van der Waals surface area contributed by atoms with Crippen LogP contribution in [0.4, 0.5) is 0 Å². The lowest BCUT2D eigenvalue weighted by atomic mass is 9.63. The lowest BCUT2D eigenvalue weighted by Crippen LogP contribution is -2.13. The van der Waals surface area contributed by atoms with E-state index in [0.29, 0.717) is 5.54 Å². The fourth-order valence-electron chi connectivity index (χ4n) is 2.37. The summed E-state index contributed by atoms with van der Waals surface area (Å²) in [5.74, 6) is 2.32. The van der Waals surface area contributed by atoms with Crippen molar-refractivity contribution in [2.75, 3.05) is 0 Å². The van der Waals surface area contributed by atoms with Crippen molar-refractivity contribution in [3.8, 4) is 0 Å². The number of rotatable bonds is 1. The Morgan fingerprint density at radius 2 is 1.59 bits per heavy atom. The summed E-state index contributed by atoms with van der Waals surface area (Å²) in [7, 11) is 0. The summed E-state index contributed by atoms with van der Waals surface area (Å²) < 4.78 is 0. The van der Waals surface area contributed by atoms with Gasteiger partial charge in [0, 0.05) is 0 Å². The van der Waals surface area contributed by atoms with Gasteiger partial charge in [-0.05, 0) is 28.6 Å². The van der Waals surface area contributed by atoms with E-state index in [-0.39, 0.29) is 0 Å². The SMILES string of the molecule is BrB1C=C(c2ccccc2)c2ccccc2C1. The van der Waals surface area contributed by atoms with Gasteiger partial charge in [-0.2, -0.15) is 15.8 Å². The van der Waals surface area contributed by atoms with Gasteiger partial charge in [-0.3, -0.25) is 0 Å². The molecular weight excluding hydrogens is 271 g/mol. The zero-order chi connectivity index (χ0) is 11.7. The number of hydrogen-bond acceptors (Lipinski definition) is 0. The van der Waals surface area contributed by atoms with Gasteiger partial charge in [0.2, 0.25) is 0 Å². The summed E-state index contributed by atoms with van der Waals surface area (Å²) in [6.07, 6.45) is 1.08. The third-order valence-corrected chi connectivity index (χ3v) is 3.74. The minimum atomic E-state index is 0.438. The summed E-state index contributed by atoms with van der Waals surface area (Å²) in [5.41, 5.74) is 5.87. The number of hydrogen-bond donors (Lipinski definition) is 0. The standard InChI is InChI=1S/C15H12BBr/c17-16-10-13-8-4-5-9-14(13)15(11-16)12-6-2-1-3-7-12/h1-9,11H,10H2. The molecule has 0 saturated heterocycles. The van der Waals surface area contributed by atoms with Crippen LogP contribution in [0, 0.1) is 0 Å². The number of benzene rings is 2. The fraction of sp³-hybridized carbons (Fsp3) is 0.0667. The fourth-order valence-corrected chi connectivity index (χ4v) is 2.98. The van der Waals surface area contributed by atoms with Crippen LogP contribution in [-0.4, -0.2) is 5.54 Å². The van der Waals surface area contributed by atoms with Crippen molar-refractivity contribution in [1.29, 1.82) is 0 Å². The Hall–Kier alpha value is -1.28. The predicted molar refractivity (Wildman–Crippen MR) is 78.3 cm³/mol. The van der Waals surface area contributed by atoms with Crippen molar-refractivity contribution in [3.63, 3.8) is 0 Å². The monoisotopic (exact) mass is 282 g/mol. The molecule has 0 aliphatic carbocycles. The van der Waals surface area contributed by atoms with Crippen LogP contribution < -0.4 is 0 Å². The van der Waals surface area contributed by atoms with Gasteiger partial charge in [-0.15, -0.1) is 0 Å². The molecule has 0 fully saturated rings. The second-order valence-corrected chi connectivity index (χ2v) is 5.50. The first-order valence-electron chi connectivity index (χ1n) is 5.84. The van der Waals surface area contributed by atoms with Gasteiger partial charge < -0.3 is 0 Å². The lowest BCUT2D eigenvalue weighted by molar-refractivity contribution is 1.33. The summed E-state index contributed by atoms with van der Waals surface area (Å²) in [6, 6.07) is 19.3. The van der Waals surface area contributed by atoms with Crippen molar-refractivity contribution < 1.29 is 0 Å².